The molecule has 0 spiro atoms. The normalized spacial score (nSPS) is 15.7. The number of ether oxygens (including phenoxy) is 1. The third kappa shape index (κ3) is 3.93. The molecule has 30 heavy (non-hydrogen) atoms. The smallest absolute Gasteiger partial charge is 0.414 e. The number of cyclic esters (lactones) is 1. The lowest BCUT2D eigenvalue weighted by Gasteiger charge is -2.13. The molecule has 0 bridgehead atoms. The topological polar surface area (TPSA) is 110 Å². The van der Waals surface area contributed by atoms with Crippen LogP contribution in [0.3, 0.4) is 0 Å². The summed E-state index contributed by atoms with van der Waals surface area (Å²) in [4.78, 5) is 28.9. The van der Waals surface area contributed by atoms with E-state index in [2.05, 4.69) is 20.8 Å². The summed E-state index contributed by atoms with van der Waals surface area (Å²) in [6, 6.07) is 13.1. The summed E-state index contributed by atoms with van der Waals surface area (Å²) < 4.78 is 25.2. The molecule has 154 valence electrons. The average molecular weight is 411 g/mol. The highest BCUT2D eigenvalue weighted by Gasteiger charge is 2.33. The first-order valence-corrected chi connectivity index (χ1v) is 9.18. The second-order valence-electron chi connectivity index (χ2n) is 6.53. The number of halogens is 1. The Labute approximate surface area is 170 Å². The van der Waals surface area contributed by atoms with Crippen LogP contribution < -0.4 is 15.5 Å². The van der Waals surface area contributed by atoms with Gasteiger partial charge in [-0.2, -0.15) is 4.98 Å². The Kier molecular flexibility index (Phi) is 5.29. The molecule has 9 nitrogen and oxygen atoms in total. The summed E-state index contributed by atoms with van der Waals surface area (Å²) in [5.41, 5.74) is 1.20. The summed E-state index contributed by atoms with van der Waals surface area (Å²) >= 11 is 0. The van der Waals surface area contributed by atoms with Crippen molar-refractivity contribution < 1.29 is 23.2 Å². The molecule has 3 aromatic rings. The number of benzene rings is 2. The molecule has 1 aromatic heterocycles. The Hall–Kier alpha value is -3.95. The van der Waals surface area contributed by atoms with Crippen molar-refractivity contribution in [2.45, 2.75) is 6.10 Å². The fourth-order valence-corrected chi connectivity index (χ4v) is 3.02. The summed E-state index contributed by atoms with van der Waals surface area (Å²) in [6.07, 6.45) is -1.16. The number of anilines is 1. The van der Waals surface area contributed by atoms with Crippen LogP contribution in [0.1, 0.15) is 0 Å². The van der Waals surface area contributed by atoms with Crippen molar-refractivity contribution in [2.24, 2.45) is 0 Å². The van der Waals surface area contributed by atoms with Crippen LogP contribution in [0, 0.1) is 5.82 Å². The molecule has 1 aliphatic rings. The average Bonchev–Trinajstić information content (AvgIpc) is 3.39. The van der Waals surface area contributed by atoms with Crippen molar-refractivity contribution in [3.05, 3.63) is 54.3 Å². The van der Waals surface area contributed by atoms with E-state index in [-0.39, 0.29) is 30.6 Å². The zero-order valence-corrected chi connectivity index (χ0v) is 16.0. The molecule has 2 heterocycles. The number of carbonyl (C=O) groups is 2. The third-order valence-corrected chi connectivity index (χ3v) is 4.54. The molecule has 0 aliphatic carbocycles. The number of carbonyl (C=O) groups excluding carboxylic acids is 2. The maximum Gasteiger partial charge on any atom is 0.414 e. The number of hydrogen-bond acceptors (Lipinski definition) is 6. The third-order valence-electron chi connectivity index (χ3n) is 4.54. The Balaban J connectivity index is 1.49. The number of aromatic nitrogens is 2. The van der Waals surface area contributed by atoms with Crippen molar-refractivity contribution in [1.82, 2.24) is 20.8 Å². The lowest BCUT2D eigenvalue weighted by Crippen LogP contribution is -2.39. The fourth-order valence-electron chi connectivity index (χ4n) is 3.02. The molecule has 10 heteroatoms. The van der Waals surface area contributed by atoms with Gasteiger partial charge in [-0.1, -0.05) is 35.5 Å². The van der Waals surface area contributed by atoms with Gasteiger partial charge in [0.1, 0.15) is 11.9 Å². The number of hydrogen-bond donors (Lipinski definition) is 2. The van der Waals surface area contributed by atoms with Crippen LogP contribution in [-0.2, 0) is 4.74 Å². The van der Waals surface area contributed by atoms with E-state index in [1.807, 2.05) is 30.3 Å². The van der Waals surface area contributed by atoms with Crippen LogP contribution in [0.2, 0.25) is 0 Å². The maximum atomic E-state index is 14.8. The van der Waals surface area contributed by atoms with Gasteiger partial charge in [0.15, 0.2) is 0 Å². The van der Waals surface area contributed by atoms with E-state index in [9.17, 15) is 14.0 Å². The van der Waals surface area contributed by atoms with Crippen molar-refractivity contribution in [1.29, 1.82) is 0 Å². The van der Waals surface area contributed by atoms with Gasteiger partial charge < -0.3 is 19.9 Å². The minimum atomic E-state index is -0.616. The standard InChI is InChI=1S/C20H18FN5O4/c1-22-19(27)23-10-14-11-26(20(28)29-14)13-7-8-15(16(21)9-13)18-24-17(25-30-18)12-5-3-2-4-6-12/h2-9,14H,10-11H2,1H3,(H2,22,23,27). The highest BCUT2D eigenvalue weighted by molar-refractivity contribution is 5.90. The van der Waals surface area contributed by atoms with Crippen LogP contribution in [0.4, 0.5) is 19.7 Å². The van der Waals surface area contributed by atoms with Gasteiger partial charge in [0, 0.05) is 12.6 Å². The van der Waals surface area contributed by atoms with Crippen molar-refractivity contribution >= 4 is 17.8 Å². The summed E-state index contributed by atoms with van der Waals surface area (Å²) in [5, 5.41) is 8.87. The molecule has 4 rings (SSSR count). The van der Waals surface area contributed by atoms with Crippen LogP contribution in [-0.4, -0.2) is 48.5 Å². The molecule has 1 aliphatic heterocycles. The van der Waals surface area contributed by atoms with E-state index in [0.717, 1.165) is 5.56 Å². The number of amides is 3. The molecular formula is C20H18FN5O4. The molecule has 0 radical (unpaired) electrons. The molecular weight excluding hydrogens is 393 g/mol. The highest BCUT2D eigenvalue weighted by atomic mass is 19.1. The SMILES string of the molecule is CNC(=O)NCC1CN(c2ccc(-c3nc(-c4ccccc4)no3)c(F)c2)C(=O)O1. The largest absolute Gasteiger partial charge is 0.442 e. The van der Waals surface area contributed by atoms with Crippen molar-refractivity contribution in [2.75, 3.05) is 25.0 Å². The minimum absolute atomic E-state index is 0.0366. The minimum Gasteiger partial charge on any atom is -0.442 e. The summed E-state index contributed by atoms with van der Waals surface area (Å²) in [6.45, 7) is 0.326. The molecule has 0 saturated carbocycles. The quantitative estimate of drug-likeness (QED) is 0.668. The van der Waals surface area contributed by atoms with E-state index in [4.69, 9.17) is 9.26 Å². The summed E-state index contributed by atoms with van der Waals surface area (Å²) in [7, 11) is 1.48. The highest BCUT2D eigenvalue weighted by Crippen LogP contribution is 2.29. The van der Waals surface area contributed by atoms with Crippen molar-refractivity contribution in [3.8, 4) is 22.8 Å². The molecule has 2 N–H and O–H groups in total. The molecule has 1 atom stereocenters. The molecule has 3 amide bonds. The van der Waals surface area contributed by atoms with Crippen LogP contribution in [0.5, 0.6) is 0 Å². The number of nitrogens with zero attached hydrogens (tertiary/aromatic N) is 3. The first-order chi connectivity index (χ1) is 14.5. The number of rotatable bonds is 5. The first-order valence-electron chi connectivity index (χ1n) is 9.18. The van der Waals surface area contributed by atoms with Gasteiger partial charge in [-0.05, 0) is 18.2 Å². The Morgan fingerprint density at radius 1 is 1.27 bits per heavy atom. The lowest BCUT2D eigenvalue weighted by atomic mass is 10.1. The van der Waals surface area contributed by atoms with Gasteiger partial charge in [-0.25, -0.2) is 14.0 Å². The number of urea groups is 1. The van der Waals surface area contributed by atoms with Gasteiger partial charge in [-0.15, -0.1) is 0 Å². The van der Waals surface area contributed by atoms with Gasteiger partial charge in [-0.3, -0.25) is 4.90 Å². The van der Waals surface area contributed by atoms with E-state index in [1.165, 1.54) is 24.1 Å². The maximum absolute atomic E-state index is 14.8. The van der Waals surface area contributed by atoms with E-state index < -0.39 is 18.0 Å². The predicted octanol–water partition coefficient (Wildman–Crippen LogP) is 2.80. The molecule has 1 fully saturated rings. The summed E-state index contributed by atoms with van der Waals surface area (Å²) in [5.74, 6) is -0.228. The fraction of sp³-hybridized carbons (Fsp3) is 0.200. The monoisotopic (exact) mass is 411 g/mol. The first kappa shape index (κ1) is 19.4. The molecule has 2 aromatic carbocycles. The molecule has 1 saturated heterocycles. The van der Waals surface area contributed by atoms with Crippen LogP contribution >= 0.6 is 0 Å². The molecule has 1 unspecified atom stereocenters. The van der Waals surface area contributed by atoms with Gasteiger partial charge in [0.25, 0.3) is 5.89 Å². The van der Waals surface area contributed by atoms with Crippen LogP contribution in [0.25, 0.3) is 22.8 Å². The Morgan fingerprint density at radius 3 is 2.80 bits per heavy atom. The zero-order valence-electron chi connectivity index (χ0n) is 16.0. The van der Waals surface area contributed by atoms with Gasteiger partial charge in [0.05, 0.1) is 24.3 Å². The zero-order chi connectivity index (χ0) is 21.1. The Morgan fingerprint density at radius 2 is 2.07 bits per heavy atom. The van der Waals surface area contributed by atoms with E-state index in [0.29, 0.717) is 11.5 Å². The number of nitrogens with one attached hydrogen (secondary N) is 2. The lowest BCUT2D eigenvalue weighted by molar-refractivity contribution is 0.140. The van der Waals surface area contributed by atoms with E-state index in [1.54, 1.807) is 6.07 Å². The van der Waals surface area contributed by atoms with Gasteiger partial charge >= 0.3 is 12.1 Å². The second kappa shape index (κ2) is 8.19. The predicted molar refractivity (Wildman–Crippen MR) is 105 cm³/mol. The second-order valence-corrected chi connectivity index (χ2v) is 6.53. The van der Waals surface area contributed by atoms with Crippen LogP contribution in [0.15, 0.2) is 53.1 Å². The van der Waals surface area contributed by atoms with Gasteiger partial charge in [0.2, 0.25) is 5.82 Å². The van der Waals surface area contributed by atoms with E-state index >= 15 is 0 Å². The van der Waals surface area contributed by atoms with Crippen molar-refractivity contribution in [3.63, 3.8) is 0 Å². The Bertz CT molecular complexity index is 1070.